The molecule has 6 heteroatoms. The Morgan fingerprint density at radius 2 is 2.10 bits per heavy atom. The molecule has 0 radical (unpaired) electrons. The molecule has 0 aliphatic heterocycles. The maximum atomic E-state index is 11.6. The van der Waals surface area contributed by atoms with Gasteiger partial charge in [-0.2, -0.15) is 0 Å². The van der Waals surface area contributed by atoms with Crippen LogP contribution >= 0.6 is 11.8 Å². The van der Waals surface area contributed by atoms with Gasteiger partial charge in [0.2, 0.25) is 0 Å². The van der Waals surface area contributed by atoms with Crippen LogP contribution in [-0.4, -0.2) is 20.3 Å². The van der Waals surface area contributed by atoms with Crippen LogP contribution in [0.5, 0.6) is 0 Å². The van der Waals surface area contributed by atoms with Crippen molar-refractivity contribution in [2.24, 2.45) is 0 Å². The minimum Gasteiger partial charge on any atom is -0.398 e. The van der Waals surface area contributed by atoms with Gasteiger partial charge in [-0.25, -0.2) is 4.98 Å². The van der Waals surface area contributed by atoms with Crippen molar-refractivity contribution in [3.8, 4) is 0 Å². The standard InChI is InChI=1S/C15H16N4OS/c16-11-6-7-14(20)19(10-11)8-3-9-21-15-17-12-4-1-2-5-13(12)18-15/h1-2,4-7,10H,3,8-9,16H2,(H,17,18). The number of nitrogen functional groups attached to an aromatic ring is 1. The Bertz CT molecular complexity index is 776. The van der Waals surface area contributed by atoms with E-state index in [1.165, 1.54) is 6.07 Å². The highest BCUT2D eigenvalue weighted by Gasteiger charge is 2.02. The van der Waals surface area contributed by atoms with Crippen LogP contribution in [0.3, 0.4) is 0 Å². The summed E-state index contributed by atoms with van der Waals surface area (Å²) in [5.41, 5.74) is 8.31. The van der Waals surface area contributed by atoms with Crippen LogP contribution in [0.15, 0.2) is 52.5 Å². The molecule has 5 nitrogen and oxygen atoms in total. The van der Waals surface area contributed by atoms with Crippen molar-refractivity contribution in [1.82, 2.24) is 14.5 Å². The molecular weight excluding hydrogens is 284 g/mol. The monoisotopic (exact) mass is 300 g/mol. The number of anilines is 1. The zero-order valence-electron chi connectivity index (χ0n) is 11.5. The number of fused-ring (bicyclic) bond motifs is 1. The molecule has 0 amide bonds. The molecule has 0 aliphatic rings. The highest BCUT2D eigenvalue weighted by Crippen LogP contribution is 2.19. The Balaban J connectivity index is 1.56. The number of imidazole rings is 1. The third kappa shape index (κ3) is 3.28. The predicted molar refractivity (Wildman–Crippen MR) is 86.5 cm³/mol. The normalized spacial score (nSPS) is 11.0. The Kier molecular flexibility index (Phi) is 3.96. The molecule has 0 spiro atoms. The van der Waals surface area contributed by atoms with Crippen LogP contribution in [0.2, 0.25) is 0 Å². The van der Waals surface area contributed by atoms with E-state index < -0.39 is 0 Å². The molecule has 0 fully saturated rings. The van der Waals surface area contributed by atoms with Crippen LogP contribution < -0.4 is 11.3 Å². The molecule has 0 saturated heterocycles. The van der Waals surface area contributed by atoms with Crippen LogP contribution in [0, 0.1) is 0 Å². The lowest BCUT2D eigenvalue weighted by Gasteiger charge is -2.05. The van der Waals surface area contributed by atoms with Gasteiger partial charge in [0, 0.05) is 30.2 Å². The molecular formula is C15H16N4OS. The van der Waals surface area contributed by atoms with Crippen molar-refractivity contribution in [2.75, 3.05) is 11.5 Å². The van der Waals surface area contributed by atoms with E-state index in [9.17, 15) is 4.79 Å². The fraction of sp³-hybridized carbons (Fsp3) is 0.200. The van der Waals surface area contributed by atoms with E-state index in [0.29, 0.717) is 12.2 Å². The molecule has 3 N–H and O–H groups in total. The minimum absolute atomic E-state index is 0.0158. The first-order valence-electron chi connectivity index (χ1n) is 6.76. The molecule has 0 atom stereocenters. The van der Waals surface area contributed by atoms with Gasteiger partial charge in [-0.05, 0) is 24.6 Å². The number of benzene rings is 1. The Hall–Kier alpha value is -2.21. The minimum atomic E-state index is -0.0158. The zero-order valence-corrected chi connectivity index (χ0v) is 12.3. The Morgan fingerprint density at radius 1 is 1.24 bits per heavy atom. The summed E-state index contributed by atoms with van der Waals surface area (Å²) in [5.74, 6) is 0.890. The van der Waals surface area contributed by atoms with Gasteiger partial charge in [0.25, 0.3) is 5.56 Å². The molecule has 108 valence electrons. The van der Waals surface area contributed by atoms with Crippen molar-refractivity contribution >= 4 is 28.5 Å². The van der Waals surface area contributed by atoms with E-state index in [2.05, 4.69) is 9.97 Å². The van der Waals surface area contributed by atoms with E-state index in [4.69, 9.17) is 5.73 Å². The fourth-order valence-electron chi connectivity index (χ4n) is 2.13. The van der Waals surface area contributed by atoms with Gasteiger partial charge < -0.3 is 15.3 Å². The summed E-state index contributed by atoms with van der Waals surface area (Å²) < 4.78 is 1.65. The van der Waals surface area contributed by atoms with Gasteiger partial charge in [0.15, 0.2) is 5.16 Å². The summed E-state index contributed by atoms with van der Waals surface area (Å²) in [7, 11) is 0. The third-order valence-electron chi connectivity index (χ3n) is 3.16. The molecule has 2 aromatic heterocycles. The topological polar surface area (TPSA) is 76.7 Å². The lowest BCUT2D eigenvalue weighted by Crippen LogP contribution is -2.19. The zero-order chi connectivity index (χ0) is 14.7. The number of hydrogen-bond acceptors (Lipinski definition) is 4. The lowest BCUT2D eigenvalue weighted by atomic mass is 10.3. The number of aromatic amines is 1. The number of pyridine rings is 1. The van der Waals surface area contributed by atoms with E-state index in [-0.39, 0.29) is 5.56 Å². The third-order valence-corrected chi connectivity index (χ3v) is 4.12. The number of rotatable bonds is 5. The first kappa shape index (κ1) is 13.8. The van der Waals surface area contributed by atoms with Crippen molar-refractivity contribution < 1.29 is 0 Å². The van der Waals surface area contributed by atoms with Crippen LogP contribution in [0.4, 0.5) is 5.69 Å². The van der Waals surface area contributed by atoms with Gasteiger partial charge in [-0.3, -0.25) is 4.79 Å². The van der Waals surface area contributed by atoms with E-state index >= 15 is 0 Å². The van der Waals surface area contributed by atoms with E-state index in [1.807, 2.05) is 24.3 Å². The second-order valence-corrected chi connectivity index (χ2v) is 5.84. The van der Waals surface area contributed by atoms with Gasteiger partial charge in [0.05, 0.1) is 11.0 Å². The molecule has 3 aromatic rings. The van der Waals surface area contributed by atoms with Crippen molar-refractivity contribution in [2.45, 2.75) is 18.1 Å². The summed E-state index contributed by atoms with van der Waals surface area (Å²) >= 11 is 1.66. The first-order chi connectivity index (χ1) is 10.2. The van der Waals surface area contributed by atoms with Gasteiger partial charge in [0.1, 0.15) is 0 Å². The highest BCUT2D eigenvalue weighted by molar-refractivity contribution is 7.99. The molecule has 1 aromatic carbocycles. The molecule has 0 unspecified atom stereocenters. The smallest absolute Gasteiger partial charge is 0.250 e. The number of H-pyrrole nitrogens is 1. The maximum absolute atomic E-state index is 11.6. The molecule has 2 heterocycles. The van der Waals surface area contributed by atoms with Crippen molar-refractivity contribution in [3.63, 3.8) is 0 Å². The van der Waals surface area contributed by atoms with Crippen LogP contribution in [0.25, 0.3) is 11.0 Å². The SMILES string of the molecule is Nc1ccc(=O)n(CCCSc2nc3ccccc3[nH]2)c1. The summed E-state index contributed by atoms with van der Waals surface area (Å²) in [6.45, 7) is 0.664. The fourth-order valence-corrected chi connectivity index (χ4v) is 2.94. The second kappa shape index (κ2) is 6.05. The number of aryl methyl sites for hydroxylation is 1. The first-order valence-corrected chi connectivity index (χ1v) is 7.74. The van der Waals surface area contributed by atoms with Crippen molar-refractivity contribution in [1.29, 1.82) is 0 Å². The number of nitrogens with one attached hydrogen (secondary N) is 1. The average molecular weight is 300 g/mol. The van der Waals surface area contributed by atoms with Crippen molar-refractivity contribution in [3.05, 3.63) is 52.9 Å². The number of nitrogens with two attached hydrogens (primary N) is 1. The lowest BCUT2D eigenvalue weighted by molar-refractivity contribution is 0.659. The quantitative estimate of drug-likeness (QED) is 0.560. The number of para-hydroxylation sites is 2. The summed E-state index contributed by atoms with van der Waals surface area (Å²) in [6.07, 6.45) is 2.57. The molecule has 3 rings (SSSR count). The maximum Gasteiger partial charge on any atom is 0.250 e. The van der Waals surface area contributed by atoms with Gasteiger partial charge in [-0.15, -0.1) is 0 Å². The molecule has 0 bridgehead atoms. The number of hydrogen-bond donors (Lipinski definition) is 2. The summed E-state index contributed by atoms with van der Waals surface area (Å²) in [6, 6.07) is 11.1. The van der Waals surface area contributed by atoms with Crippen LogP contribution in [0.1, 0.15) is 6.42 Å². The molecule has 0 saturated carbocycles. The molecule has 21 heavy (non-hydrogen) atoms. The number of aromatic nitrogens is 3. The van der Waals surface area contributed by atoms with E-state index in [1.54, 1.807) is 28.6 Å². The number of thioether (sulfide) groups is 1. The van der Waals surface area contributed by atoms with Gasteiger partial charge in [-0.1, -0.05) is 23.9 Å². The summed E-state index contributed by atoms with van der Waals surface area (Å²) in [5, 5.41) is 0.913. The van der Waals surface area contributed by atoms with Gasteiger partial charge >= 0.3 is 0 Å². The largest absolute Gasteiger partial charge is 0.398 e. The Labute approximate surface area is 126 Å². The highest BCUT2D eigenvalue weighted by atomic mass is 32.2. The summed E-state index contributed by atoms with van der Waals surface area (Å²) in [4.78, 5) is 19.4. The average Bonchev–Trinajstić information content (AvgIpc) is 2.89. The predicted octanol–water partition coefficient (Wildman–Crippen LogP) is 2.49. The number of nitrogens with zero attached hydrogens (tertiary/aromatic N) is 2. The van der Waals surface area contributed by atoms with Crippen LogP contribution in [-0.2, 0) is 6.54 Å². The Morgan fingerprint density at radius 3 is 2.95 bits per heavy atom. The van der Waals surface area contributed by atoms with E-state index in [0.717, 1.165) is 28.4 Å². The molecule has 0 aliphatic carbocycles. The second-order valence-electron chi connectivity index (χ2n) is 4.76.